The summed E-state index contributed by atoms with van der Waals surface area (Å²) in [5.74, 6) is 0. The van der Waals surface area contributed by atoms with Gasteiger partial charge in [-0.25, -0.2) is 0 Å². The Kier molecular flexibility index (Phi) is 4.31. The lowest BCUT2D eigenvalue weighted by molar-refractivity contribution is 0.323. The van der Waals surface area contributed by atoms with E-state index in [-0.39, 0.29) is 5.54 Å². The van der Waals surface area contributed by atoms with Crippen molar-refractivity contribution in [3.8, 4) is 6.07 Å². The average molecular weight is 260 g/mol. The topological polar surface area (TPSA) is 35.8 Å². The van der Waals surface area contributed by atoms with Crippen molar-refractivity contribution < 1.29 is 0 Å². The second-order valence-electron chi connectivity index (χ2n) is 5.09. The van der Waals surface area contributed by atoms with Crippen molar-refractivity contribution in [3.63, 3.8) is 0 Å². The molecule has 1 saturated carbocycles. The summed E-state index contributed by atoms with van der Waals surface area (Å²) >= 11 is 1.92. The van der Waals surface area contributed by atoms with Gasteiger partial charge >= 0.3 is 0 Å². The summed E-state index contributed by atoms with van der Waals surface area (Å²) in [6.07, 6.45) is 4.27. The molecule has 1 aliphatic carbocycles. The first kappa shape index (κ1) is 13.5. The average Bonchev–Trinajstić information content (AvgIpc) is 2.41. The zero-order valence-electron chi connectivity index (χ0n) is 11.1. The first-order valence-corrected chi connectivity index (χ1v) is 7.39. The summed E-state index contributed by atoms with van der Waals surface area (Å²) in [5.41, 5.74) is 0.991. The summed E-state index contributed by atoms with van der Waals surface area (Å²) in [5, 5.41) is 13.1. The van der Waals surface area contributed by atoms with E-state index < -0.39 is 0 Å². The van der Waals surface area contributed by atoms with Gasteiger partial charge in [0.25, 0.3) is 0 Å². The Bertz CT molecular complexity index is 435. The van der Waals surface area contributed by atoms with Gasteiger partial charge in [0.05, 0.1) is 6.07 Å². The maximum Gasteiger partial charge on any atom is 0.107 e. The molecule has 3 heteroatoms. The first-order chi connectivity index (χ1) is 8.67. The number of nitrogens with zero attached hydrogens (tertiary/aromatic N) is 1. The van der Waals surface area contributed by atoms with Crippen LogP contribution in [0.15, 0.2) is 29.2 Å². The molecule has 0 aromatic heterocycles. The predicted octanol–water partition coefficient (Wildman–Crippen LogP) is 3.51. The highest BCUT2D eigenvalue weighted by Gasteiger charge is 2.35. The Balaban J connectivity index is 2.02. The summed E-state index contributed by atoms with van der Waals surface area (Å²) < 4.78 is 0. The van der Waals surface area contributed by atoms with E-state index in [4.69, 9.17) is 0 Å². The highest BCUT2D eigenvalue weighted by Crippen LogP contribution is 2.37. The zero-order chi connectivity index (χ0) is 13.0. The lowest BCUT2D eigenvalue weighted by atomic mass is 9.83. The summed E-state index contributed by atoms with van der Waals surface area (Å²) in [7, 11) is 1.90. The van der Waals surface area contributed by atoms with Gasteiger partial charge in [0.2, 0.25) is 0 Å². The van der Waals surface area contributed by atoms with Crippen molar-refractivity contribution in [2.45, 2.75) is 48.3 Å². The van der Waals surface area contributed by atoms with E-state index in [0.717, 1.165) is 19.3 Å². The third-order valence-corrected chi connectivity index (χ3v) is 5.00. The number of nitrogens with one attached hydrogen (secondary N) is 1. The number of benzene rings is 1. The number of hydrogen-bond donors (Lipinski definition) is 1. The van der Waals surface area contributed by atoms with Gasteiger partial charge in [0, 0.05) is 10.1 Å². The molecular formula is C15H20N2S. The fraction of sp³-hybridized carbons (Fsp3) is 0.533. The van der Waals surface area contributed by atoms with Crippen molar-refractivity contribution >= 4 is 11.8 Å². The lowest BCUT2D eigenvalue weighted by Crippen LogP contribution is -2.46. The van der Waals surface area contributed by atoms with Gasteiger partial charge in [-0.1, -0.05) is 17.7 Å². The van der Waals surface area contributed by atoms with Crippen LogP contribution in [0, 0.1) is 18.3 Å². The molecule has 0 amide bonds. The maximum absolute atomic E-state index is 9.34. The van der Waals surface area contributed by atoms with E-state index in [0.29, 0.717) is 5.25 Å². The van der Waals surface area contributed by atoms with E-state index in [1.807, 2.05) is 18.8 Å². The third kappa shape index (κ3) is 3.07. The predicted molar refractivity (Wildman–Crippen MR) is 76.7 cm³/mol. The molecule has 0 aliphatic heterocycles. The Morgan fingerprint density at radius 3 is 2.72 bits per heavy atom. The summed E-state index contributed by atoms with van der Waals surface area (Å²) in [6.45, 7) is 2.11. The Labute approximate surface area is 114 Å². The highest BCUT2D eigenvalue weighted by molar-refractivity contribution is 8.00. The van der Waals surface area contributed by atoms with Crippen LogP contribution in [-0.2, 0) is 0 Å². The molecule has 2 atom stereocenters. The van der Waals surface area contributed by atoms with Crippen LogP contribution in [0.25, 0.3) is 0 Å². The van der Waals surface area contributed by atoms with Gasteiger partial charge in [-0.3, -0.25) is 0 Å². The smallest absolute Gasteiger partial charge is 0.107 e. The molecule has 0 heterocycles. The third-order valence-electron chi connectivity index (χ3n) is 3.72. The minimum atomic E-state index is -0.305. The zero-order valence-corrected chi connectivity index (χ0v) is 11.9. The Morgan fingerprint density at radius 2 is 2.11 bits per heavy atom. The number of hydrogen-bond acceptors (Lipinski definition) is 3. The first-order valence-electron chi connectivity index (χ1n) is 6.51. The highest BCUT2D eigenvalue weighted by atomic mass is 32.2. The molecule has 0 saturated heterocycles. The number of rotatable bonds is 3. The minimum Gasteiger partial charge on any atom is -0.302 e. The van der Waals surface area contributed by atoms with Crippen LogP contribution in [0.5, 0.6) is 0 Å². The molecule has 0 bridgehead atoms. The largest absolute Gasteiger partial charge is 0.302 e. The molecule has 2 unspecified atom stereocenters. The van der Waals surface area contributed by atoms with Gasteiger partial charge < -0.3 is 5.32 Å². The van der Waals surface area contributed by atoms with Crippen molar-refractivity contribution in [1.82, 2.24) is 5.32 Å². The van der Waals surface area contributed by atoms with E-state index in [1.54, 1.807) is 0 Å². The van der Waals surface area contributed by atoms with E-state index in [2.05, 4.69) is 42.6 Å². The van der Waals surface area contributed by atoms with Gasteiger partial charge in [0.1, 0.15) is 5.54 Å². The van der Waals surface area contributed by atoms with Crippen LogP contribution in [0.1, 0.15) is 31.2 Å². The van der Waals surface area contributed by atoms with Crippen molar-refractivity contribution in [2.24, 2.45) is 0 Å². The van der Waals surface area contributed by atoms with Crippen LogP contribution in [-0.4, -0.2) is 17.8 Å². The molecule has 0 spiro atoms. The summed E-state index contributed by atoms with van der Waals surface area (Å²) in [6, 6.07) is 11.1. The Morgan fingerprint density at radius 1 is 1.39 bits per heavy atom. The second-order valence-corrected chi connectivity index (χ2v) is 6.47. The van der Waals surface area contributed by atoms with Crippen LogP contribution < -0.4 is 5.32 Å². The number of nitriles is 1. The van der Waals surface area contributed by atoms with Crippen molar-refractivity contribution in [1.29, 1.82) is 5.26 Å². The molecule has 1 fully saturated rings. The molecule has 1 N–H and O–H groups in total. The number of aryl methyl sites for hydroxylation is 1. The van der Waals surface area contributed by atoms with Gasteiger partial charge in [-0.05, 0) is 51.8 Å². The molecule has 96 valence electrons. The van der Waals surface area contributed by atoms with Crippen molar-refractivity contribution in [2.75, 3.05) is 7.05 Å². The minimum absolute atomic E-state index is 0.305. The standard InChI is InChI=1S/C15H20N2S/c1-12-5-7-13(8-6-12)18-14-4-3-9-15(10-14,11-16)17-2/h5-8,14,17H,3-4,9-10H2,1-2H3. The molecular weight excluding hydrogens is 240 g/mol. The van der Waals surface area contributed by atoms with E-state index >= 15 is 0 Å². The normalized spacial score (nSPS) is 27.7. The molecule has 0 radical (unpaired) electrons. The second kappa shape index (κ2) is 5.77. The van der Waals surface area contributed by atoms with E-state index in [1.165, 1.54) is 16.9 Å². The van der Waals surface area contributed by atoms with Gasteiger partial charge in [0.15, 0.2) is 0 Å². The Hall–Kier alpha value is -0.980. The lowest BCUT2D eigenvalue weighted by Gasteiger charge is -2.35. The quantitative estimate of drug-likeness (QED) is 0.903. The fourth-order valence-corrected chi connectivity index (χ4v) is 3.85. The van der Waals surface area contributed by atoms with Crippen molar-refractivity contribution in [3.05, 3.63) is 29.8 Å². The van der Waals surface area contributed by atoms with Crippen LogP contribution in [0.2, 0.25) is 0 Å². The van der Waals surface area contributed by atoms with E-state index in [9.17, 15) is 5.26 Å². The van der Waals surface area contributed by atoms with Gasteiger partial charge in [-0.2, -0.15) is 5.26 Å². The molecule has 2 rings (SSSR count). The molecule has 1 aromatic carbocycles. The fourth-order valence-electron chi connectivity index (χ4n) is 2.52. The van der Waals surface area contributed by atoms with Crippen LogP contribution in [0.4, 0.5) is 0 Å². The van der Waals surface area contributed by atoms with Gasteiger partial charge in [-0.15, -0.1) is 11.8 Å². The monoisotopic (exact) mass is 260 g/mol. The molecule has 1 aliphatic rings. The summed E-state index contributed by atoms with van der Waals surface area (Å²) in [4.78, 5) is 1.32. The number of thioether (sulfide) groups is 1. The maximum atomic E-state index is 9.34. The van der Waals surface area contributed by atoms with Crippen LogP contribution >= 0.6 is 11.8 Å². The molecule has 2 nitrogen and oxygen atoms in total. The SMILES string of the molecule is CNC1(C#N)CCCC(Sc2ccc(C)cc2)C1. The molecule has 18 heavy (non-hydrogen) atoms. The van der Waals surface area contributed by atoms with Crippen LogP contribution in [0.3, 0.4) is 0 Å². The molecule has 1 aromatic rings.